The standard InChI is InChI=1S/C30H29N3O2/c1-33(2)14-15-34-27-10-8-23(9-11-27)25-16-26(20-31-19-25)30-18-24-17-28(12-13-29(24)32-30)35-21-22-6-4-3-5-7-22/h3-13,16-20,32H,14-15,21H2,1-2H3. The second-order valence-electron chi connectivity index (χ2n) is 8.84. The second-order valence-corrected chi connectivity index (χ2v) is 8.84. The molecule has 0 aliphatic rings. The van der Waals surface area contributed by atoms with E-state index >= 15 is 0 Å². The molecule has 0 saturated carbocycles. The van der Waals surface area contributed by atoms with E-state index in [1.807, 2.05) is 62.9 Å². The van der Waals surface area contributed by atoms with Gasteiger partial charge < -0.3 is 19.4 Å². The van der Waals surface area contributed by atoms with Crippen molar-refractivity contribution in [2.75, 3.05) is 27.2 Å². The molecular formula is C30H29N3O2. The van der Waals surface area contributed by atoms with Crippen molar-refractivity contribution in [3.63, 3.8) is 0 Å². The van der Waals surface area contributed by atoms with Crippen LogP contribution in [0.3, 0.4) is 0 Å². The van der Waals surface area contributed by atoms with Gasteiger partial charge in [0.25, 0.3) is 0 Å². The summed E-state index contributed by atoms with van der Waals surface area (Å²) < 4.78 is 11.8. The summed E-state index contributed by atoms with van der Waals surface area (Å²) in [5, 5.41) is 1.11. The number of pyridine rings is 1. The van der Waals surface area contributed by atoms with Gasteiger partial charge in [-0.25, -0.2) is 0 Å². The largest absolute Gasteiger partial charge is 0.492 e. The van der Waals surface area contributed by atoms with Gasteiger partial charge in [-0.3, -0.25) is 4.98 Å². The van der Waals surface area contributed by atoms with Crippen molar-refractivity contribution in [1.29, 1.82) is 0 Å². The minimum Gasteiger partial charge on any atom is -0.492 e. The molecule has 0 fully saturated rings. The highest BCUT2D eigenvalue weighted by atomic mass is 16.5. The van der Waals surface area contributed by atoms with Crippen LogP contribution in [0.1, 0.15) is 5.56 Å². The fraction of sp³-hybridized carbons (Fsp3) is 0.167. The third kappa shape index (κ3) is 5.70. The number of fused-ring (bicyclic) bond motifs is 1. The molecule has 2 aromatic heterocycles. The van der Waals surface area contributed by atoms with E-state index in [-0.39, 0.29) is 0 Å². The van der Waals surface area contributed by atoms with Gasteiger partial charge >= 0.3 is 0 Å². The maximum Gasteiger partial charge on any atom is 0.120 e. The number of hydrogen-bond donors (Lipinski definition) is 1. The number of nitrogens with one attached hydrogen (secondary N) is 1. The Hall–Kier alpha value is -4.09. The number of aromatic amines is 1. The summed E-state index contributed by atoms with van der Waals surface area (Å²) in [7, 11) is 4.08. The number of benzene rings is 3. The highest BCUT2D eigenvalue weighted by Crippen LogP contribution is 2.30. The van der Waals surface area contributed by atoms with Crippen molar-refractivity contribution in [3.8, 4) is 33.9 Å². The average Bonchev–Trinajstić information content (AvgIpc) is 3.32. The number of nitrogens with zero attached hydrogens (tertiary/aromatic N) is 2. The average molecular weight is 464 g/mol. The molecule has 5 nitrogen and oxygen atoms in total. The third-order valence-electron chi connectivity index (χ3n) is 5.88. The predicted molar refractivity (Wildman–Crippen MR) is 142 cm³/mol. The van der Waals surface area contributed by atoms with Crippen molar-refractivity contribution in [2.24, 2.45) is 0 Å². The first kappa shape index (κ1) is 22.7. The third-order valence-corrected chi connectivity index (χ3v) is 5.88. The summed E-state index contributed by atoms with van der Waals surface area (Å²) in [6.07, 6.45) is 3.78. The van der Waals surface area contributed by atoms with Crippen LogP contribution >= 0.6 is 0 Å². The van der Waals surface area contributed by atoms with Gasteiger partial charge in [0, 0.05) is 46.7 Å². The zero-order chi connectivity index (χ0) is 24.0. The summed E-state index contributed by atoms with van der Waals surface area (Å²) >= 11 is 0. The van der Waals surface area contributed by atoms with E-state index in [0.717, 1.165) is 56.9 Å². The molecule has 5 rings (SSSR count). The van der Waals surface area contributed by atoms with Crippen LogP contribution in [0.4, 0.5) is 0 Å². The Morgan fingerprint density at radius 2 is 1.51 bits per heavy atom. The molecule has 0 unspecified atom stereocenters. The number of H-pyrrole nitrogens is 1. The summed E-state index contributed by atoms with van der Waals surface area (Å²) in [5.74, 6) is 1.73. The first-order valence-corrected chi connectivity index (χ1v) is 11.8. The number of likely N-dealkylation sites (N-methyl/N-ethyl adjacent to an activating group) is 1. The van der Waals surface area contributed by atoms with Crippen LogP contribution in [0, 0.1) is 0 Å². The van der Waals surface area contributed by atoms with E-state index in [0.29, 0.717) is 13.2 Å². The Morgan fingerprint density at radius 3 is 2.31 bits per heavy atom. The molecule has 0 bridgehead atoms. The molecule has 0 radical (unpaired) electrons. The van der Waals surface area contributed by atoms with Gasteiger partial charge in [-0.15, -0.1) is 0 Å². The molecule has 0 aliphatic carbocycles. The van der Waals surface area contributed by atoms with Gasteiger partial charge in [0.1, 0.15) is 24.7 Å². The number of aromatic nitrogens is 2. The Morgan fingerprint density at radius 1 is 0.743 bits per heavy atom. The number of hydrogen-bond acceptors (Lipinski definition) is 4. The lowest BCUT2D eigenvalue weighted by Crippen LogP contribution is -2.19. The molecular weight excluding hydrogens is 434 g/mol. The lowest BCUT2D eigenvalue weighted by atomic mass is 10.0. The van der Waals surface area contributed by atoms with E-state index in [9.17, 15) is 0 Å². The van der Waals surface area contributed by atoms with E-state index < -0.39 is 0 Å². The van der Waals surface area contributed by atoms with E-state index in [4.69, 9.17) is 9.47 Å². The van der Waals surface area contributed by atoms with Gasteiger partial charge in [0.05, 0.1) is 0 Å². The first-order chi connectivity index (χ1) is 17.1. The van der Waals surface area contributed by atoms with Crippen LogP contribution in [-0.4, -0.2) is 42.1 Å². The van der Waals surface area contributed by atoms with Crippen molar-refractivity contribution in [3.05, 3.63) is 103 Å². The second kappa shape index (κ2) is 10.5. The van der Waals surface area contributed by atoms with Crippen molar-refractivity contribution in [1.82, 2.24) is 14.9 Å². The Kier molecular flexibility index (Phi) is 6.77. The van der Waals surface area contributed by atoms with Crippen LogP contribution in [0.5, 0.6) is 11.5 Å². The highest BCUT2D eigenvalue weighted by Gasteiger charge is 2.08. The molecule has 1 N–H and O–H groups in total. The monoisotopic (exact) mass is 463 g/mol. The van der Waals surface area contributed by atoms with Gasteiger partial charge in [0.15, 0.2) is 0 Å². The Bertz CT molecular complexity index is 1390. The normalized spacial score (nSPS) is 11.2. The van der Waals surface area contributed by atoms with Crippen LogP contribution in [0.25, 0.3) is 33.3 Å². The van der Waals surface area contributed by atoms with E-state index in [2.05, 4.69) is 63.4 Å². The van der Waals surface area contributed by atoms with Crippen LogP contribution < -0.4 is 9.47 Å². The van der Waals surface area contributed by atoms with Crippen molar-refractivity contribution < 1.29 is 9.47 Å². The minimum absolute atomic E-state index is 0.551. The minimum atomic E-state index is 0.551. The first-order valence-electron chi connectivity index (χ1n) is 11.8. The molecule has 2 heterocycles. The maximum absolute atomic E-state index is 6.00. The van der Waals surface area contributed by atoms with Crippen LogP contribution in [0.15, 0.2) is 97.3 Å². The molecule has 176 valence electrons. The quantitative estimate of drug-likeness (QED) is 0.274. The number of rotatable bonds is 9. The fourth-order valence-corrected chi connectivity index (χ4v) is 3.93. The molecule has 0 saturated heterocycles. The lowest BCUT2D eigenvalue weighted by molar-refractivity contribution is 0.261. The van der Waals surface area contributed by atoms with Gasteiger partial charge in [-0.1, -0.05) is 42.5 Å². The Balaban J connectivity index is 1.31. The van der Waals surface area contributed by atoms with Crippen LogP contribution in [-0.2, 0) is 6.61 Å². The molecule has 0 amide bonds. The maximum atomic E-state index is 6.00. The molecule has 0 aliphatic heterocycles. The molecule has 35 heavy (non-hydrogen) atoms. The zero-order valence-corrected chi connectivity index (χ0v) is 20.1. The lowest BCUT2D eigenvalue weighted by Gasteiger charge is -2.11. The summed E-state index contributed by atoms with van der Waals surface area (Å²) in [6.45, 7) is 2.11. The van der Waals surface area contributed by atoms with Crippen molar-refractivity contribution >= 4 is 10.9 Å². The van der Waals surface area contributed by atoms with Crippen LogP contribution in [0.2, 0.25) is 0 Å². The van der Waals surface area contributed by atoms with E-state index in [1.165, 1.54) is 0 Å². The highest BCUT2D eigenvalue weighted by molar-refractivity contribution is 5.87. The molecule has 3 aromatic carbocycles. The summed E-state index contributed by atoms with van der Waals surface area (Å²) in [5.41, 5.74) is 6.45. The molecule has 5 heteroatoms. The van der Waals surface area contributed by atoms with Gasteiger partial charge in [-0.05, 0) is 67.7 Å². The topological polar surface area (TPSA) is 50.4 Å². The number of ether oxygens (including phenoxy) is 2. The molecule has 0 atom stereocenters. The summed E-state index contributed by atoms with van der Waals surface area (Å²) in [4.78, 5) is 10.1. The SMILES string of the molecule is CN(C)CCOc1ccc(-c2cncc(-c3cc4cc(OCc5ccccc5)ccc4[nH]3)c2)cc1. The molecule has 5 aromatic rings. The predicted octanol–water partition coefficient (Wildman–Crippen LogP) is 6.42. The molecule has 0 spiro atoms. The summed E-state index contributed by atoms with van der Waals surface area (Å²) in [6, 6.07) is 28.8. The fourth-order valence-electron chi connectivity index (χ4n) is 3.93. The van der Waals surface area contributed by atoms with Gasteiger partial charge in [0.2, 0.25) is 0 Å². The Labute approximate surface area is 206 Å². The zero-order valence-electron chi connectivity index (χ0n) is 20.1. The van der Waals surface area contributed by atoms with Gasteiger partial charge in [-0.2, -0.15) is 0 Å². The smallest absolute Gasteiger partial charge is 0.120 e. The van der Waals surface area contributed by atoms with Crippen molar-refractivity contribution in [2.45, 2.75) is 6.61 Å². The van der Waals surface area contributed by atoms with E-state index in [1.54, 1.807) is 0 Å².